The summed E-state index contributed by atoms with van der Waals surface area (Å²) >= 11 is 6.18. The monoisotopic (exact) mass is 503 g/mol. The Labute approximate surface area is 214 Å². The van der Waals surface area contributed by atoms with Crippen LogP contribution in [0.1, 0.15) is 53.9 Å². The number of unbranched alkanes of at least 4 members (excludes halogenated alkanes) is 2. The fraction of sp³-hybridized carbons (Fsp3) is 0.241. The quantitative estimate of drug-likeness (QED) is 0.248. The minimum absolute atomic E-state index is 0.0301. The lowest BCUT2D eigenvalue weighted by molar-refractivity contribution is 0.0971. The first-order valence-electron chi connectivity index (χ1n) is 12.0. The Morgan fingerprint density at radius 2 is 1.78 bits per heavy atom. The number of para-hydroxylation sites is 1. The number of ether oxygens (including phenoxy) is 2. The van der Waals surface area contributed by atoms with Crippen molar-refractivity contribution in [3.05, 3.63) is 98.9 Å². The molecule has 0 saturated carbocycles. The van der Waals surface area contributed by atoms with Crippen molar-refractivity contribution in [3.8, 4) is 11.5 Å². The maximum absolute atomic E-state index is 13.7. The third-order valence-corrected chi connectivity index (χ3v) is 6.61. The van der Waals surface area contributed by atoms with Crippen molar-refractivity contribution >= 4 is 34.2 Å². The van der Waals surface area contributed by atoms with Crippen molar-refractivity contribution in [2.45, 2.75) is 32.2 Å². The van der Waals surface area contributed by atoms with Crippen molar-refractivity contribution in [1.29, 1.82) is 0 Å². The number of rotatable bonds is 8. The number of amides is 1. The number of hydrogen-bond acceptors (Lipinski definition) is 5. The molecule has 4 aromatic rings. The van der Waals surface area contributed by atoms with Crippen LogP contribution >= 0.6 is 11.6 Å². The summed E-state index contributed by atoms with van der Waals surface area (Å²) in [6.07, 6.45) is 3.14. The van der Waals surface area contributed by atoms with Gasteiger partial charge in [0.25, 0.3) is 5.91 Å². The molecule has 1 atom stereocenters. The lowest BCUT2D eigenvalue weighted by Gasteiger charge is -2.26. The molecular formula is C29H26ClNO5. The summed E-state index contributed by atoms with van der Waals surface area (Å²) in [7, 11) is 1.57. The van der Waals surface area contributed by atoms with Gasteiger partial charge in [-0.3, -0.25) is 14.5 Å². The van der Waals surface area contributed by atoms with Crippen LogP contribution in [0.3, 0.4) is 0 Å². The Bertz CT molecular complexity index is 1480. The minimum atomic E-state index is -0.711. The number of fused-ring (bicyclic) bond motifs is 2. The van der Waals surface area contributed by atoms with Gasteiger partial charge in [0.2, 0.25) is 5.76 Å². The Morgan fingerprint density at radius 1 is 0.972 bits per heavy atom. The van der Waals surface area contributed by atoms with E-state index >= 15 is 0 Å². The fourth-order valence-corrected chi connectivity index (χ4v) is 4.80. The van der Waals surface area contributed by atoms with Crippen LogP contribution in [0.15, 0.2) is 75.9 Å². The topological polar surface area (TPSA) is 69.0 Å². The molecule has 6 nitrogen and oxygen atoms in total. The largest absolute Gasteiger partial charge is 0.493 e. The van der Waals surface area contributed by atoms with Gasteiger partial charge in [0, 0.05) is 10.7 Å². The first kappa shape index (κ1) is 23.9. The third-order valence-electron chi connectivity index (χ3n) is 6.38. The predicted octanol–water partition coefficient (Wildman–Crippen LogP) is 6.77. The van der Waals surface area contributed by atoms with E-state index in [1.165, 1.54) is 0 Å². The summed E-state index contributed by atoms with van der Waals surface area (Å²) < 4.78 is 17.6. The highest BCUT2D eigenvalue weighted by atomic mass is 35.5. The van der Waals surface area contributed by atoms with E-state index in [-0.39, 0.29) is 22.7 Å². The van der Waals surface area contributed by atoms with E-state index in [4.69, 9.17) is 25.5 Å². The molecule has 1 amide bonds. The number of methoxy groups -OCH3 is 1. The first-order valence-corrected chi connectivity index (χ1v) is 12.4. The molecule has 1 unspecified atom stereocenters. The number of carbonyl (C=O) groups excluding carboxylic acids is 1. The summed E-state index contributed by atoms with van der Waals surface area (Å²) in [5.41, 5.74) is 1.66. The molecule has 1 aromatic heterocycles. The molecule has 1 aliphatic heterocycles. The third kappa shape index (κ3) is 4.22. The second-order valence-electron chi connectivity index (χ2n) is 8.69. The van der Waals surface area contributed by atoms with Crippen LogP contribution in [0.5, 0.6) is 11.5 Å². The molecule has 0 radical (unpaired) electrons. The fourth-order valence-electron chi connectivity index (χ4n) is 4.62. The van der Waals surface area contributed by atoms with Crippen LogP contribution in [-0.2, 0) is 0 Å². The summed E-state index contributed by atoms with van der Waals surface area (Å²) in [6, 6.07) is 18.9. The van der Waals surface area contributed by atoms with E-state index in [0.29, 0.717) is 45.3 Å². The summed E-state index contributed by atoms with van der Waals surface area (Å²) in [5.74, 6) is 0.799. The summed E-state index contributed by atoms with van der Waals surface area (Å²) in [6.45, 7) is 2.73. The van der Waals surface area contributed by atoms with Crippen LogP contribution in [0, 0.1) is 0 Å². The molecule has 0 aliphatic carbocycles. The van der Waals surface area contributed by atoms with Gasteiger partial charge in [0.1, 0.15) is 5.58 Å². The second-order valence-corrected chi connectivity index (χ2v) is 9.13. The minimum Gasteiger partial charge on any atom is -0.493 e. The lowest BCUT2D eigenvalue weighted by Crippen LogP contribution is -2.29. The molecule has 184 valence electrons. The van der Waals surface area contributed by atoms with Crippen LogP contribution in [0.2, 0.25) is 5.02 Å². The van der Waals surface area contributed by atoms with E-state index < -0.39 is 6.04 Å². The van der Waals surface area contributed by atoms with Crippen LogP contribution in [0.25, 0.3) is 11.0 Å². The average molecular weight is 504 g/mol. The van der Waals surface area contributed by atoms with Gasteiger partial charge < -0.3 is 13.9 Å². The van der Waals surface area contributed by atoms with Gasteiger partial charge in [-0.25, -0.2) is 0 Å². The number of halogens is 1. The zero-order chi connectivity index (χ0) is 25.2. The molecule has 36 heavy (non-hydrogen) atoms. The normalized spacial score (nSPS) is 14.8. The van der Waals surface area contributed by atoms with E-state index in [1.54, 1.807) is 30.2 Å². The summed E-state index contributed by atoms with van der Waals surface area (Å²) in [5, 5.41) is 0.749. The predicted molar refractivity (Wildman–Crippen MR) is 141 cm³/mol. The second kappa shape index (κ2) is 10.1. The molecule has 1 aliphatic rings. The van der Waals surface area contributed by atoms with Gasteiger partial charge in [-0.05, 0) is 54.4 Å². The van der Waals surface area contributed by atoms with E-state index in [2.05, 4.69) is 6.92 Å². The smallest absolute Gasteiger partial charge is 0.295 e. The standard InChI is InChI=1S/C29H26ClNO5/c1-3-4-8-15-35-23-13-11-18(16-24(23)34-2)26-25-27(32)21-17-19(30)12-14-22(21)36-28(25)29(33)31(26)20-9-6-5-7-10-20/h5-7,9-14,16-17,26H,3-4,8,15H2,1-2H3. The molecule has 3 aromatic carbocycles. The molecular weight excluding hydrogens is 478 g/mol. The highest BCUT2D eigenvalue weighted by Gasteiger charge is 2.43. The van der Waals surface area contributed by atoms with Crippen LogP contribution < -0.4 is 19.8 Å². The summed E-state index contributed by atoms with van der Waals surface area (Å²) in [4.78, 5) is 29.0. The maximum Gasteiger partial charge on any atom is 0.295 e. The van der Waals surface area contributed by atoms with Crippen molar-refractivity contribution in [3.63, 3.8) is 0 Å². The number of benzene rings is 3. The number of carbonyl (C=O) groups is 1. The number of nitrogens with zero attached hydrogens (tertiary/aromatic N) is 1. The molecule has 7 heteroatoms. The molecule has 0 fully saturated rings. The van der Waals surface area contributed by atoms with E-state index in [0.717, 1.165) is 19.3 Å². The van der Waals surface area contributed by atoms with Gasteiger partial charge in [-0.2, -0.15) is 0 Å². The molecule has 0 bridgehead atoms. The number of anilines is 1. The van der Waals surface area contributed by atoms with Gasteiger partial charge >= 0.3 is 0 Å². The Morgan fingerprint density at radius 3 is 2.53 bits per heavy atom. The first-order chi connectivity index (χ1) is 17.5. The van der Waals surface area contributed by atoms with E-state index in [1.807, 2.05) is 48.5 Å². The van der Waals surface area contributed by atoms with E-state index in [9.17, 15) is 9.59 Å². The van der Waals surface area contributed by atoms with Crippen LogP contribution in [0.4, 0.5) is 5.69 Å². The Hall–Kier alpha value is -3.77. The van der Waals surface area contributed by atoms with Crippen molar-refractivity contribution in [1.82, 2.24) is 0 Å². The molecule has 2 heterocycles. The highest BCUT2D eigenvalue weighted by molar-refractivity contribution is 6.31. The highest BCUT2D eigenvalue weighted by Crippen LogP contribution is 2.43. The van der Waals surface area contributed by atoms with Crippen molar-refractivity contribution < 1.29 is 18.7 Å². The molecule has 0 N–H and O–H groups in total. The van der Waals surface area contributed by atoms with Crippen molar-refractivity contribution in [2.24, 2.45) is 0 Å². The lowest BCUT2D eigenvalue weighted by atomic mass is 9.97. The SMILES string of the molecule is CCCCCOc1ccc(C2c3c(oc4ccc(Cl)cc4c3=O)C(=O)N2c2ccccc2)cc1OC. The molecule has 0 saturated heterocycles. The average Bonchev–Trinajstić information content (AvgIpc) is 3.20. The maximum atomic E-state index is 13.7. The number of hydrogen-bond donors (Lipinski definition) is 0. The van der Waals surface area contributed by atoms with Gasteiger partial charge in [-0.15, -0.1) is 0 Å². The van der Waals surface area contributed by atoms with Crippen LogP contribution in [-0.4, -0.2) is 19.6 Å². The molecule has 0 spiro atoms. The Kier molecular flexibility index (Phi) is 6.70. The van der Waals surface area contributed by atoms with Crippen molar-refractivity contribution in [2.75, 3.05) is 18.6 Å². The zero-order valence-corrected chi connectivity index (χ0v) is 20.9. The van der Waals surface area contributed by atoms with Gasteiger partial charge in [0.15, 0.2) is 16.9 Å². The van der Waals surface area contributed by atoms with Gasteiger partial charge in [0.05, 0.1) is 30.7 Å². The molecule has 5 rings (SSSR count). The zero-order valence-electron chi connectivity index (χ0n) is 20.1. The van der Waals surface area contributed by atoms with Gasteiger partial charge in [-0.1, -0.05) is 55.6 Å². The Balaban J connectivity index is 1.67.